The predicted octanol–water partition coefficient (Wildman–Crippen LogP) is 2.77. The third-order valence-electron chi connectivity index (χ3n) is 5.53. The number of amides is 1. The molecule has 5 nitrogen and oxygen atoms in total. The molecular weight excluding hydrogens is 368 g/mol. The Labute approximate surface area is 158 Å². The van der Waals surface area contributed by atoms with Crippen LogP contribution in [0.15, 0.2) is 46.7 Å². The zero-order valence-corrected chi connectivity index (χ0v) is 16.3. The molecule has 0 unspecified atom stereocenters. The van der Waals surface area contributed by atoms with Gasteiger partial charge in [0.05, 0.1) is 11.4 Å². The van der Waals surface area contributed by atoms with Crippen LogP contribution in [0.5, 0.6) is 0 Å². The van der Waals surface area contributed by atoms with E-state index in [0.717, 1.165) is 23.3 Å². The first-order valence-electron chi connectivity index (χ1n) is 8.78. The first kappa shape index (κ1) is 17.7. The van der Waals surface area contributed by atoms with E-state index in [4.69, 9.17) is 0 Å². The number of hydrogen-bond donors (Lipinski definition) is 1. The predicted molar refractivity (Wildman–Crippen MR) is 101 cm³/mol. The topological polar surface area (TPSA) is 66.5 Å². The second-order valence-electron chi connectivity index (χ2n) is 7.32. The lowest BCUT2D eigenvalue weighted by Gasteiger charge is -2.17. The molecule has 2 atom stereocenters. The molecule has 2 fully saturated rings. The Morgan fingerprint density at radius 3 is 2.77 bits per heavy atom. The molecule has 138 valence electrons. The number of benzene rings is 1. The van der Waals surface area contributed by atoms with E-state index in [-0.39, 0.29) is 17.2 Å². The fraction of sp³-hybridized carbons (Fsp3) is 0.421. The van der Waals surface area contributed by atoms with Gasteiger partial charge in [-0.2, -0.15) is 4.31 Å². The lowest BCUT2D eigenvalue weighted by molar-refractivity contribution is -0.123. The summed E-state index contributed by atoms with van der Waals surface area (Å²) in [5, 5.41) is 4.98. The van der Waals surface area contributed by atoms with Crippen molar-refractivity contribution in [2.75, 3.05) is 13.1 Å². The van der Waals surface area contributed by atoms with Crippen LogP contribution in [-0.2, 0) is 21.4 Å². The van der Waals surface area contributed by atoms with Crippen LogP contribution in [0.4, 0.5) is 0 Å². The number of carbonyl (C=O) groups is 1. The number of carbonyl (C=O) groups excluding carboxylic acids is 1. The van der Waals surface area contributed by atoms with E-state index in [1.807, 2.05) is 36.6 Å². The van der Waals surface area contributed by atoms with Gasteiger partial charge in [0.25, 0.3) is 0 Å². The fourth-order valence-electron chi connectivity index (χ4n) is 3.80. The molecule has 1 aromatic heterocycles. The fourth-order valence-corrected chi connectivity index (χ4v) is 5.98. The van der Waals surface area contributed by atoms with Gasteiger partial charge in [-0.25, -0.2) is 8.42 Å². The Balaban J connectivity index is 1.39. The second-order valence-corrected chi connectivity index (χ2v) is 10.3. The monoisotopic (exact) mass is 390 g/mol. The zero-order chi connectivity index (χ0) is 18.4. The van der Waals surface area contributed by atoms with Crippen molar-refractivity contribution in [3.8, 4) is 0 Å². The summed E-state index contributed by atoms with van der Waals surface area (Å²) < 4.78 is 27.2. The van der Waals surface area contributed by atoms with Crippen LogP contribution in [0.1, 0.15) is 23.3 Å². The van der Waals surface area contributed by atoms with Crippen molar-refractivity contribution in [2.24, 2.45) is 11.3 Å². The molecule has 1 N–H and O–H groups in total. The third-order valence-corrected chi connectivity index (χ3v) is 8.27. The van der Waals surface area contributed by atoms with Crippen LogP contribution in [0.2, 0.25) is 0 Å². The standard InChI is InChI=1S/C19H22N2O3S2/c1-14-4-6-16(7-5-14)26(23,24)21-9-8-19(13-21)11-17(19)18(22)20-12-15-3-2-10-25-15/h2-7,10,17H,8-9,11-13H2,1H3,(H,20,22)/t17-,19-/m1/s1. The highest BCUT2D eigenvalue weighted by molar-refractivity contribution is 7.89. The zero-order valence-electron chi connectivity index (χ0n) is 14.6. The van der Waals surface area contributed by atoms with Gasteiger partial charge in [-0.1, -0.05) is 23.8 Å². The van der Waals surface area contributed by atoms with Crippen molar-refractivity contribution in [2.45, 2.75) is 31.2 Å². The lowest BCUT2D eigenvalue weighted by atomic mass is 10.0. The van der Waals surface area contributed by atoms with Gasteiger partial charge < -0.3 is 5.32 Å². The Morgan fingerprint density at radius 2 is 2.08 bits per heavy atom. The van der Waals surface area contributed by atoms with E-state index in [9.17, 15) is 13.2 Å². The minimum atomic E-state index is -3.48. The summed E-state index contributed by atoms with van der Waals surface area (Å²) >= 11 is 1.62. The van der Waals surface area contributed by atoms with Gasteiger partial charge >= 0.3 is 0 Å². The maximum atomic E-state index is 12.8. The summed E-state index contributed by atoms with van der Waals surface area (Å²) in [4.78, 5) is 13.9. The molecule has 1 aliphatic carbocycles. The number of aryl methyl sites for hydroxylation is 1. The molecule has 2 aromatic rings. The average molecular weight is 391 g/mol. The Kier molecular flexibility index (Phi) is 4.41. The molecule has 0 radical (unpaired) electrons. The van der Waals surface area contributed by atoms with E-state index in [0.29, 0.717) is 24.5 Å². The van der Waals surface area contributed by atoms with Crippen LogP contribution in [0, 0.1) is 18.3 Å². The first-order chi connectivity index (χ1) is 12.4. The van der Waals surface area contributed by atoms with Crippen molar-refractivity contribution in [1.82, 2.24) is 9.62 Å². The minimum absolute atomic E-state index is 0.0491. The first-order valence-corrected chi connectivity index (χ1v) is 11.1. The molecule has 1 amide bonds. The van der Waals surface area contributed by atoms with Gasteiger partial charge in [0.2, 0.25) is 15.9 Å². The van der Waals surface area contributed by atoms with Crippen molar-refractivity contribution in [1.29, 1.82) is 0 Å². The largest absolute Gasteiger partial charge is 0.351 e. The van der Waals surface area contributed by atoms with Gasteiger partial charge in [-0.3, -0.25) is 4.79 Å². The van der Waals surface area contributed by atoms with Crippen molar-refractivity contribution < 1.29 is 13.2 Å². The highest BCUT2D eigenvalue weighted by Crippen LogP contribution is 2.59. The Bertz CT molecular complexity index is 907. The molecule has 2 aliphatic rings. The van der Waals surface area contributed by atoms with Crippen LogP contribution in [0.3, 0.4) is 0 Å². The van der Waals surface area contributed by atoms with E-state index in [1.165, 1.54) is 0 Å². The molecule has 1 saturated heterocycles. The highest BCUT2D eigenvalue weighted by Gasteiger charge is 2.62. The number of thiophene rings is 1. The Morgan fingerprint density at radius 1 is 1.31 bits per heavy atom. The van der Waals surface area contributed by atoms with E-state index < -0.39 is 10.0 Å². The average Bonchev–Trinajstić information content (AvgIpc) is 2.97. The number of nitrogens with one attached hydrogen (secondary N) is 1. The van der Waals surface area contributed by atoms with E-state index in [1.54, 1.807) is 27.8 Å². The highest BCUT2D eigenvalue weighted by atomic mass is 32.2. The number of hydrogen-bond acceptors (Lipinski definition) is 4. The van der Waals surface area contributed by atoms with Gasteiger partial charge in [0.1, 0.15) is 0 Å². The van der Waals surface area contributed by atoms with Crippen molar-refractivity contribution in [3.63, 3.8) is 0 Å². The summed E-state index contributed by atoms with van der Waals surface area (Å²) in [5.41, 5.74) is 0.864. The second kappa shape index (κ2) is 6.48. The van der Waals surface area contributed by atoms with E-state index in [2.05, 4.69) is 5.32 Å². The van der Waals surface area contributed by atoms with Gasteiger partial charge in [-0.15, -0.1) is 11.3 Å². The molecule has 2 heterocycles. The summed E-state index contributed by atoms with van der Waals surface area (Å²) in [5.74, 6) is -0.0198. The Hall–Kier alpha value is -1.70. The van der Waals surface area contributed by atoms with Gasteiger partial charge in [0.15, 0.2) is 0 Å². The summed E-state index contributed by atoms with van der Waals surface area (Å²) in [7, 11) is -3.48. The van der Waals surface area contributed by atoms with Crippen LogP contribution >= 0.6 is 11.3 Å². The lowest BCUT2D eigenvalue weighted by Crippen LogP contribution is -2.31. The summed E-state index contributed by atoms with van der Waals surface area (Å²) in [6, 6.07) is 10.9. The molecule has 26 heavy (non-hydrogen) atoms. The van der Waals surface area contributed by atoms with Crippen LogP contribution in [0.25, 0.3) is 0 Å². The molecule has 1 aromatic carbocycles. The van der Waals surface area contributed by atoms with Gasteiger partial charge in [0, 0.05) is 23.9 Å². The van der Waals surface area contributed by atoms with Gasteiger partial charge in [-0.05, 0) is 48.8 Å². The minimum Gasteiger partial charge on any atom is -0.351 e. The molecule has 1 saturated carbocycles. The molecular formula is C19H22N2O3S2. The SMILES string of the molecule is Cc1ccc(S(=O)(=O)N2CC[C@@]3(C[C@@H]3C(=O)NCc3cccs3)C2)cc1. The smallest absolute Gasteiger partial charge is 0.243 e. The van der Waals surface area contributed by atoms with Crippen LogP contribution < -0.4 is 5.32 Å². The molecule has 1 spiro atoms. The molecule has 4 rings (SSSR count). The summed E-state index contributed by atoms with van der Waals surface area (Å²) in [6.45, 7) is 3.42. The van der Waals surface area contributed by atoms with Crippen LogP contribution in [-0.4, -0.2) is 31.7 Å². The maximum Gasteiger partial charge on any atom is 0.243 e. The number of sulfonamides is 1. The quantitative estimate of drug-likeness (QED) is 0.854. The number of rotatable bonds is 5. The van der Waals surface area contributed by atoms with Crippen molar-refractivity contribution in [3.05, 3.63) is 52.2 Å². The molecule has 7 heteroatoms. The maximum absolute atomic E-state index is 12.8. The number of nitrogens with zero attached hydrogens (tertiary/aromatic N) is 1. The van der Waals surface area contributed by atoms with Crippen molar-refractivity contribution >= 4 is 27.3 Å². The van der Waals surface area contributed by atoms with E-state index >= 15 is 0 Å². The summed E-state index contributed by atoms with van der Waals surface area (Å²) in [6.07, 6.45) is 1.54. The normalized spacial score (nSPS) is 25.5. The third kappa shape index (κ3) is 3.19. The molecule has 1 aliphatic heterocycles. The molecule has 0 bridgehead atoms.